The Hall–Kier alpha value is -2.67. The van der Waals surface area contributed by atoms with Gasteiger partial charge >= 0.3 is 0 Å². The van der Waals surface area contributed by atoms with Crippen molar-refractivity contribution in [2.45, 2.75) is 6.92 Å². The van der Waals surface area contributed by atoms with Crippen molar-refractivity contribution in [1.82, 2.24) is 9.97 Å². The van der Waals surface area contributed by atoms with Crippen LogP contribution in [0, 0.1) is 6.92 Å². The molecule has 0 saturated heterocycles. The van der Waals surface area contributed by atoms with E-state index < -0.39 is 0 Å². The summed E-state index contributed by atoms with van der Waals surface area (Å²) in [4.78, 5) is 20.5. The number of nitrogen functional groups attached to an aromatic ring is 1. The number of aromatic nitrogens is 2. The Balaban J connectivity index is 1.94. The van der Waals surface area contributed by atoms with E-state index in [-0.39, 0.29) is 5.91 Å². The van der Waals surface area contributed by atoms with Crippen LogP contribution >= 0.6 is 11.3 Å². The third-order valence-corrected chi connectivity index (χ3v) is 4.16. The van der Waals surface area contributed by atoms with E-state index in [0.717, 1.165) is 10.3 Å². The molecule has 1 aromatic carbocycles. The lowest BCUT2D eigenvalue weighted by Crippen LogP contribution is -2.12. The zero-order valence-electron chi connectivity index (χ0n) is 12.1. The van der Waals surface area contributed by atoms with Crippen molar-refractivity contribution in [3.05, 3.63) is 41.0 Å². The molecule has 0 bridgehead atoms. The third kappa shape index (κ3) is 2.58. The molecule has 0 radical (unpaired) electrons. The molecule has 112 valence electrons. The molecule has 0 saturated carbocycles. The standard InChI is InChI=1S/C15H14N4O2S/c1-8-3-9(5-10(4-8)21-2)19-15(20)11-6-22-13-12(11)17-7-18-14(13)16/h3-7H,1-2H3,(H,19,20)(H2,16,17,18). The SMILES string of the molecule is COc1cc(C)cc(NC(=O)c2csc3c(N)ncnc23)c1. The van der Waals surface area contributed by atoms with Crippen molar-refractivity contribution < 1.29 is 9.53 Å². The van der Waals surface area contributed by atoms with Gasteiger partial charge in [0.05, 0.1) is 22.9 Å². The molecule has 0 spiro atoms. The molecule has 0 aliphatic carbocycles. The Morgan fingerprint density at radius 1 is 1.32 bits per heavy atom. The van der Waals surface area contributed by atoms with Gasteiger partial charge in [-0.3, -0.25) is 4.79 Å². The second-order valence-corrected chi connectivity index (χ2v) is 5.66. The quantitative estimate of drug-likeness (QED) is 0.776. The molecule has 3 rings (SSSR count). The molecular formula is C15H14N4O2S. The zero-order chi connectivity index (χ0) is 15.7. The lowest BCUT2D eigenvalue weighted by molar-refractivity contribution is 0.102. The van der Waals surface area contributed by atoms with Crippen molar-refractivity contribution in [2.24, 2.45) is 0 Å². The number of anilines is 2. The topological polar surface area (TPSA) is 90.1 Å². The summed E-state index contributed by atoms with van der Waals surface area (Å²) >= 11 is 1.35. The second kappa shape index (κ2) is 5.61. The Morgan fingerprint density at radius 3 is 2.91 bits per heavy atom. The maximum atomic E-state index is 12.5. The number of hydrogen-bond donors (Lipinski definition) is 2. The van der Waals surface area contributed by atoms with Crippen LogP contribution in [0.5, 0.6) is 5.75 Å². The molecule has 6 nitrogen and oxygen atoms in total. The highest BCUT2D eigenvalue weighted by Crippen LogP contribution is 2.28. The number of nitrogens with one attached hydrogen (secondary N) is 1. The molecular weight excluding hydrogens is 300 g/mol. The first-order valence-corrected chi connectivity index (χ1v) is 7.41. The normalized spacial score (nSPS) is 10.6. The second-order valence-electron chi connectivity index (χ2n) is 4.78. The Labute approximate surface area is 131 Å². The first-order chi connectivity index (χ1) is 10.6. The third-order valence-electron chi connectivity index (χ3n) is 3.17. The largest absolute Gasteiger partial charge is 0.497 e. The van der Waals surface area contributed by atoms with Crippen LogP contribution in [0.25, 0.3) is 10.2 Å². The molecule has 3 N–H and O–H groups in total. The molecule has 0 fully saturated rings. The Morgan fingerprint density at radius 2 is 2.14 bits per heavy atom. The van der Waals surface area contributed by atoms with Crippen molar-refractivity contribution in [3.8, 4) is 5.75 Å². The van der Waals surface area contributed by atoms with Gasteiger partial charge in [0.15, 0.2) is 0 Å². The summed E-state index contributed by atoms with van der Waals surface area (Å²) in [7, 11) is 1.59. The minimum Gasteiger partial charge on any atom is -0.497 e. The molecule has 22 heavy (non-hydrogen) atoms. The van der Waals surface area contributed by atoms with Gasteiger partial charge in [0.25, 0.3) is 5.91 Å². The summed E-state index contributed by atoms with van der Waals surface area (Å²) in [5.74, 6) is 0.834. The van der Waals surface area contributed by atoms with E-state index in [9.17, 15) is 4.79 Å². The van der Waals surface area contributed by atoms with Crippen LogP contribution in [-0.2, 0) is 0 Å². The van der Waals surface area contributed by atoms with E-state index in [4.69, 9.17) is 10.5 Å². The summed E-state index contributed by atoms with van der Waals surface area (Å²) in [6.45, 7) is 1.94. The van der Waals surface area contributed by atoms with Crippen LogP contribution in [0.4, 0.5) is 11.5 Å². The fourth-order valence-corrected chi connectivity index (χ4v) is 3.07. The number of nitrogens with zero attached hydrogens (tertiary/aromatic N) is 2. The van der Waals surface area contributed by atoms with Crippen LogP contribution in [0.1, 0.15) is 15.9 Å². The van der Waals surface area contributed by atoms with Crippen LogP contribution in [0.2, 0.25) is 0 Å². The number of carbonyl (C=O) groups excluding carboxylic acids is 1. The van der Waals surface area contributed by atoms with Crippen LogP contribution in [-0.4, -0.2) is 23.0 Å². The zero-order valence-corrected chi connectivity index (χ0v) is 12.9. The van der Waals surface area contributed by atoms with Gasteiger partial charge in [-0.1, -0.05) is 0 Å². The maximum absolute atomic E-state index is 12.5. The molecule has 3 aromatic rings. The maximum Gasteiger partial charge on any atom is 0.258 e. The van der Waals surface area contributed by atoms with Gasteiger partial charge in [0.1, 0.15) is 17.9 Å². The van der Waals surface area contributed by atoms with E-state index in [1.165, 1.54) is 17.7 Å². The molecule has 7 heteroatoms. The first-order valence-electron chi connectivity index (χ1n) is 6.53. The van der Waals surface area contributed by atoms with Crippen LogP contribution in [0.15, 0.2) is 29.9 Å². The monoisotopic (exact) mass is 314 g/mol. The molecule has 1 amide bonds. The molecule has 0 aliphatic heterocycles. The molecule has 0 atom stereocenters. The van der Waals surface area contributed by atoms with Crippen molar-refractivity contribution in [3.63, 3.8) is 0 Å². The summed E-state index contributed by atoms with van der Waals surface area (Å²) in [6, 6.07) is 5.53. The van der Waals surface area contributed by atoms with E-state index in [1.807, 2.05) is 19.1 Å². The highest BCUT2D eigenvalue weighted by Gasteiger charge is 2.16. The van der Waals surface area contributed by atoms with Gasteiger partial charge in [0.2, 0.25) is 0 Å². The van der Waals surface area contributed by atoms with Gasteiger partial charge in [0, 0.05) is 17.1 Å². The van der Waals surface area contributed by atoms with Crippen molar-refractivity contribution in [1.29, 1.82) is 0 Å². The molecule has 2 aromatic heterocycles. The van der Waals surface area contributed by atoms with E-state index in [1.54, 1.807) is 18.6 Å². The number of nitrogens with two attached hydrogens (primary N) is 1. The number of carbonyl (C=O) groups is 1. The lowest BCUT2D eigenvalue weighted by Gasteiger charge is -2.08. The van der Waals surface area contributed by atoms with Crippen LogP contribution < -0.4 is 15.8 Å². The smallest absolute Gasteiger partial charge is 0.258 e. The average molecular weight is 314 g/mol. The summed E-state index contributed by atoms with van der Waals surface area (Å²) in [6.07, 6.45) is 1.36. The van der Waals surface area contributed by atoms with Gasteiger partial charge < -0.3 is 15.8 Å². The minimum atomic E-state index is -0.239. The number of thiophene rings is 1. The highest BCUT2D eigenvalue weighted by atomic mass is 32.1. The molecule has 0 unspecified atom stereocenters. The number of fused-ring (bicyclic) bond motifs is 1. The van der Waals surface area contributed by atoms with E-state index in [0.29, 0.717) is 28.3 Å². The number of amides is 1. The fraction of sp³-hybridized carbons (Fsp3) is 0.133. The lowest BCUT2D eigenvalue weighted by atomic mass is 10.2. The first kappa shape index (κ1) is 14.3. The van der Waals surface area contributed by atoms with E-state index in [2.05, 4.69) is 15.3 Å². The molecule has 2 heterocycles. The van der Waals surface area contributed by atoms with E-state index >= 15 is 0 Å². The van der Waals surface area contributed by atoms with Crippen LogP contribution in [0.3, 0.4) is 0 Å². The summed E-state index contributed by atoms with van der Waals surface area (Å²) < 4.78 is 5.92. The number of hydrogen-bond acceptors (Lipinski definition) is 6. The Bertz CT molecular complexity index is 860. The number of methoxy groups -OCH3 is 1. The fourth-order valence-electron chi connectivity index (χ4n) is 2.17. The Kier molecular flexibility index (Phi) is 3.64. The highest BCUT2D eigenvalue weighted by molar-refractivity contribution is 7.18. The van der Waals surface area contributed by atoms with Gasteiger partial charge in [-0.25, -0.2) is 9.97 Å². The number of ether oxygens (including phenoxy) is 1. The van der Waals surface area contributed by atoms with Gasteiger partial charge in [-0.05, 0) is 24.6 Å². The summed E-state index contributed by atoms with van der Waals surface area (Å²) in [5.41, 5.74) is 8.50. The predicted octanol–water partition coefficient (Wildman–Crippen LogP) is 2.84. The predicted molar refractivity (Wildman–Crippen MR) is 87.5 cm³/mol. The number of aryl methyl sites for hydroxylation is 1. The molecule has 0 aliphatic rings. The van der Waals surface area contributed by atoms with Crippen molar-refractivity contribution >= 4 is 39.0 Å². The number of rotatable bonds is 3. The van der Waals surface area contributed by atoms with Gasteiger partial charge in [-0.2, -0.15) is 0 Å². The number of benzene rings is 1. The van der Waals surface area contributed by atoms with Gasteiger partial charge in [-0.15, -0.1) is 11.3 Å². The van der Waals surface area contributed by atoms with Crippen molar-refractivity contribution in [2.75, 3.05) is 18.2 Å². The minimum absolute atomic E-state index is 0.239. The average Bonchev–Trinajstić information content (AvgIpc) is 2.92. The summed E-state index contributed by atoms with van der Waals surface area (Å²) in [5, 5.41) is 4.59.